The highest BCUT2D eigenvalue weighted by atomic mass is 16.3. The Bertz CT molecular complexity index is 3130. The lowest BCUT2D eigenvalue weighted by Crippen LogP contribution is -2.33. The molecule has 0 aliphatic carbocycles. The summed E-state index contributed by atoms with van der Waals surface area (Å²) in [6.07, 6.45) is 1.53. The van der Waals surface area contributed by atoms with E-state index in [-0.39, 0.29) is 0 Å². The molecule has 10 aromatic rings. The van der Waals surface area contributed by atoms with E-state index in [2.05, 4.69) is 155 Å². The fourth-order valence-electron chi connectivity index (χ4n) is 8.02. The minimum absolute atomic E-state index is 0.399. The first-order chi connectivity index (χ1) is 27.7. The first-order valence-electron chi connectivity index (χ1n) is 18.8. The normalized spacial score (nSPS) is 14.2. The second kappa shape index (κ2) is 13.1. The van der Waals surface area contributed by atoms with E-state index in [0.717, 1.165) is 88.8 Å². The Balaban J connectivity index is 1.05. The summed E-state index contributed by atoms with van der Waals surface area (Å²) in [5.41, 5.74) is 11.2. The van der Waals surface area contributed by atoms with E-state index in [0.29, 0.717) is 5.84 Å². The van der Waals surface area contributed by atoms with Crippen LogP contribution in [-0.2, 0) is 0 Å². The molecule has 0 radical (unpaired) electrons. The monoisotopic (exact) mass is 719 g/mol. The maximum atomic E-state index is 6.78. The van der Waals surface area contributed by atoms with Gasteiger partial charge in [-0.05, 0) is 64.0 Å². The number of pyridine rings is 1. The van der Waals surface area contributed by atoms with Crippen LogP contribution in [0.4, 0.5) is 0 Å². The third-order valence-electron chi connectivity index (χ3n) is 10.7. The molecule has 6 nitrogen and oxygen atoms in total. The number of amidine groups is 2. The van der Waals surface area contributed by atoms with Gasteiger partial charge in [0, 0.05) is 33.7 Å². The molecule has 0 saturated carbocycles. The summed E-state index contributed by atoms with van der Waals surface area (Å²) in [4.78, 5) is 15.3. The summed E-state index contributed by atoms with van der Waals surface area (Å²) in [5, 5.41) is 8.03. The molecule has 1 aliphatic heterocycles. The lowest BCUT2D eigenvalue weighted by Gasteiger charge is -2.23. The summed E-state index contributed by atoms with van der Waals surface area (Å²) in [5.74, 6) is 2.24. The molecule has 3 aromatic heterocycles. The Labute approximate surface area is 322 Å². The van der Waals surface area contributed by atoms with Gasteiger partial charge >= 0.3 is 0 Å². The molecule has 11 rings (SSSR count). The maximum absolute atomic E-state index is 6.78. The molecule has 56 heavy (non-hydrogen) atoms. The van der Waals surface area contributed by atoms with Crippen LogP contribution < -0.4 is 5.32 Å². The molecule has 0 bridgehead atoms. The van der Waals surface area contributed by atoms with Crippen LogP contribution in [0.25, 0.3) is 71.8 Å². The summed E-state index contributed by atoms with van der Waals surface area (Å²) in [7, 11) is 0. The van der Waals surface area contributed by atoms with Crippen LogP contribution in [0.3, 0.4) is 0 Å². The number of hydrogen-bond acceptors (Lipinski definition) is 5. The Hall–Kier alpha value is -7.57. The highest BCUT2D eigenvalue weighted by Crippen LogP contribution is 2.42. The molecule has 0 fully saturated rings. The van der Waals surface area contributed by atoms with Gasteiger partial charge in [0.1, 0.15) is 29.0 Å². The second-order valence-corrected chi connectivity index (χ2v) is 14.1. The third kappa shape index (κ3) is 5.38. The summed E-state index contributed by atoms with van der Waals surface area (Å²) < 4.78 is 9.05. The van der Waals surface area contributed by atoms with Crippen molar-refractivity contribution in [2.45, 2.75) is 6.17 Å². The molecule has 264 valence electrons. The van der Waals surface area contributed by atoms with Gasteiger partial charge in [-0.25, -0.2) is 15.0 Å². The molecular formula is C50H33N5O. The number of fused-ring (bicyclic) bond motifs is 2. The number of nitrogens with one attached hydrogen (secondary N) is 1. The van der Waals surface area contributed by atoms with E-state index in [4.69, 9.17) is 19.4 Å². The van der Waals surface area contributed by atoms with E-state index in [1.807, 2.05) is 42.6 Å². The Kier molecular flexibility index (Phi) is 7.45. The van der Waals surface area contributed by atoms with Crippen LogP contribution in [0.1, 0.15) is 22.9 Å². The number of nitrogens with zero attached hydrogens (tertiary/aromatic N) is 4. The van der Waals surface area contributed by atoms with Gasteiger partial charge in [-0.15, -0.1) is 0 Å². The Morgan fingerprint density at radius 2 is 1.12 bits per heavy atom. The first-order valence-corrected chi connectivity index (χ1v) is 18.8. The second-order valence-electron chi connectivity index (χ2n) is 14.1. The fraction of sp³-hybridized carbons (Fsp3) is 0.0200. The van der Waals surface area contributed by atoms with Crippen molar-refractivity contribution in [3.8, 4) is 28.1 Å². The van der Waals surface area contributed by atoms with Crippen LogP contribution in [0.5, 0.6) is 0 Å². The van der Waals surface area contributed by atoms with Gasteiger partial charge in [-0.3, -0.25) is 4.57 Å². The van der Waals surface area contributed by atoms with Gasteiger partial charge < -0.3 is 9.73 Å². The Morgan fingerprint density at radius 1 is 0.482 bits per heavy atom. The van der Waals surface area contributed by atoms with Crippen molar-refractivity contribution in [3.05, 3.63) is 205 Å². The summed E-state index contributed by atoms with van der Waals surface area (Å²) >= 11 is 0. The SMILES string of the molecule is c1ccc(C2=NC(c3ccc(-c4ccccc4)cc3)=NC(c3ccc(-n4c5cc(-c6ccccc6)cc6oc7ccccc7c7cccc4c7c65)nc3)N2)cc1. The quantitative estimate of drug-likeness (QED) is 0.186. The van der Waals surface area contributed by atoms with Crippen LogP contribution in [0.15, 0.2) is 203 Å². The molecule has 1 unspecified atom stereocenters. The van der Waals surface area contributed by atoms with Crippen molar-refractivity contribution in [3.63, 3.8) is 0 Å². The van der Waals surface area contributed by atoms with Crippen molar-refractivity contribution < 1.29 is 4.42 Å². The summed E-state index contributed by atoms with van der Waals surface area (Å²) in [6.45, 7) is 0. The summed E-state index contributed by atoms with van der Waals surface area (Å²) in [6, 6.07) is 63.0. The molecule has 1 N–H and O–H groups in total. The van der Waals surface area contributed by atoms with Gasteiger partial charge in [-0.1, -0.05) is 146 Å². The van der Waals surface area contributed by atoms with E-state index < -0.39 is 6.17 Å². The van der Waals surface area contributed by atoms with Crippen LogP contribution >= 0.6 is 0 Å². The van der Waals surface area contributed by atoms with E-state index in [1.54, 1.807) is 0 Å². The van der Waals surface area contributed by atoms with Crippen molar-refractivity contribution >= 4 is 55.4 Å². The number of hydrogen-bond donors (Lipinski definition) is 1. The minimum atomic E-state index is -0.399. The van der Waals surface area contributed by atoms with Gasteiger partial charge in [0.25, 0.3) is 0 Å². The zero-order valence-electron chi connectivity index (χ0n) is 30.2. The predicted octanol–water partition coefficient (Wildman–Crippen LogP) is 11.9. The highest BCUT2D eigenvalue weighted by molar-refractivity contribution is 6.27. The zero-order valence-corrected chi connectivity index (χ0v) is 30.2. The smallest absolute Gasteiger partial charge is 0.159 e. The fourth-order valence-corrected chi connectivity index (χ4v) is 8.02. The van der Waals surface area contributed by atoms with Gasteiger partial charge in [0.05, 0.1) is 16.4 Å². The number of para-hydroxylation sites is 1. The average Bonchev–Trinajstić information content (AvgIpc) is 3.54. The van der Waals surface area contributed by atoms with Gasteiger partial charge in [0.2, 0.25) is 0 Å². The standard InChI is InChI=1S/C50H33N5O/c1-4-13-32(14-5-1)34-23-25-36(26-24-34)49-52-48(35-17-8-3-9-18-35)53-50(54-49)37-27-28-45(51-31-37)55-41-21-12-20-40-39-19-10-11-22-43(39)56-44-30-38(33-15-6-2-7-16-33)29-42(55)47(44)46(40)41/h1-31,50H,(H,52,53,54). The predicted molar refractivity (Wildman–Crippen MR) is 229 cm³/mol. The number of aromatic nitrogens is 2. The van der Waals surface area contributed by atoms with Gasteiger partial charge in [-0.2, -0.15) is 0 Å². The Morgan fingerprint density at radius 3 is 1.86 bits per heavy atom. The first kappa shape index (κ1) is 31.9. The maximum Gasteiger partial charge on any atom is 0.159 e. The van der Waals surface area contributed by atoms with Crippen LogP contribution in [0, 0.1) is 0 Å². The molecule has 0 spiro atoms. The molecule has 7 aromatic carbocycles. The van der Waals surface area contributed by atoms with Crippen molar-refractivity contribution in [2.75, 3.05) is 0 Å². The number of rotatable bonds is 6. The molecule has 6 heteroatoms. The molecule has 0 amide bonds. The highest BCUT2D eigenvalue weighted by Gasteiger charge is 2.24. The van der Waals surface area contributed by atoms with Crippen LogP contribution in [-0.4, -0.2) is 21.2 Å². The van der Waals surface area contributed by atoms with Crippen molar-refractivity contribution in [2.24, 2.45) is 9.98 Å². The zero-order chi connectivity index (χ0) is 37.0. The van der Waals surface area contributed by atoms with E-state index in [9.17, 15) is 0 Å². The van der Waals surface area contributed by atoms with Gasteiger partial charge in [0.15, 0.2) is 5.84 Å². The topological polar surface area (TPSA) is 67.7 Å². The molecular weight excluding hydrogens is 687 g/mol. The van der Waals surface area contributed by atoms with E-state index >= 15 is 0 Å². The van der Waals surface area contributed by atoms with Crippen molar-refractivity contribution in [1.82, 2.24) is 14.9 Å². The lowest BCUT2D eigenvalue weighted by molar-refractivity contribution is 0.664. The number of aliphatic imine (C=N–C) groups is 2. The minimum Gasteiger partial charge on any atom is -0.456 e. The van der Waals surface area contributed by atoms with Crippen LogP contribution in [0.2, 0.25) is 0 Å². The molecule has 4 heterocycles. The van der Waals surface area contributed by atoms with Crippen molar-refractivity contribution in [1.29, 1.82) is 0 Å². The average molecular weight is 720 g/mol. The largest absolute Gasteiger partial charge is 0.456 e. The van der Waals surface area contributed by atoms with E-state index in [1.165, 1.54) is 5.56 Å². The molecule has 0 saturated heterocycles. The molecule has 1 aliphatic rings. The lowest BCUT2D eigenvalue weighted by atomic mass is 10.0. The third-order valence-corrected chi connectivity index (χ3v) is 10.7. The number of benzene rings is 7. The molecule has 1 atom stereocenters.